The molecule has 0 aliphatic rings. The molecule has 38 heavy (non-hydrogen) atoms. The zero-order valence-corrected chi connectivity index (χ0v) is 22.8. The van der Waals surface area contributed by atoms with E-state index in [-0.39, 0.29) is 11.7 Å². The van der Waals surface area contributed by atoms with Crippen LogP contribution >= 0.6 is 35.0 Å². The second kappa shape index (κ2) is 11.9. The van der Waals surface area contributed by atoms with E-state index in [0.717, 1.165) is 5.56 Å². The zero-order valence-electron chi connectivity index (χ0n) is 20.5. The van der Waals surface area contributed by atoms with Crippen molar-refractivity contribution >= 4 is 40.9 Å². The van der Waals surface area contributed by atoms with Crippen molar-refractivity contribution in [2.75, 3.05) is 0 Å². The van der Waals surface area contributed by atoms with E-state index in [1.807, 2.05) is 47.0 Å². The second-order valence-corrected chi connectivity index (χ2v) is 10.5. The number of hydrogen-bond acceptors (Lipinski definition) is 5. The molecule has 2 heterocycles. The van der Waals surface area contributed by atoms with Gasteiger partial charge < -0.3 is 9.73 Å². The molecule has 192 valence electrons. The van der Waals surface area contributed by atoms with Crippen LogP contribution in [-0.4, -0.2) is 20.7 Å². The summed E-state index contributed by atoms with van der Waals surface area (Å²) in [6.45, 7) is 2.07. The van der Waals surface area contributed by atoms with E-state index in [9.17, 15) is 4.79 Å². The van der Waals surface area contributed by atoms with Gasteiger partial charge in [0.1, 0.15) is 0 Å². The molecule has 1 amide bonds. The van der Waals surface area contributed by atoms with Gasteiger partial charge in [-0.25, -0.2) is 0 Å². The average Bonchev–Trinajstić information content (AvgIpc) is 3.59. The Morgan fingerprint density at radius 1 is 0.974 bits per heavy atom. The van der Waals surface area contributed by atoms with E-state index in [1.165, 1.54) is 17.4 Å². The molecule has 0 saturated heterocycles. The third-order valence-electron chi connectivity index (χ3n) is 5.90. The van der Waals surface area contributed by atoms with Crippen molar-refractivity contribution in [3.05, 3.63) is 130 Å². The maximum atomic E-state index is 13.1. The van der Waals surface area contributed by atoms with Crippen LogP contribution in [0.3, 0.4) is 0 Å². The summed E-state index contributed by atoms with van der Waals surface area (Å²) in [6.07, 6.45) is 1.95. The molecule has 0 fully saturated rings. The summed E-state index contributed by atoms with van der Waals surface area (Å²) in [7, 11) is 0. The Balaban J connectivity index is 1.56. The minimum atomic E-state index is -0.525. The van der Waals surface area contributed by atoms with Gasteiger partial charge in [-0.1, -0.05) is 95.1 Å². The van der Waals surface area contributed by atoms with E-state index >= 15 is 0 Å². The van der Waals surface area contributed by atoms with Gasteiger partial charge in [0.25, 0.3) is 5.91 Å². The number of benzene rings is 3. The van der Waals surface area contributed by atoms with E-state index < -0.39 is 6.04 Å². The number of amides is 1. The summed E-state index contributed by atoms with van der Waals surface area (Å²) in [6, 6.07) is 26.3. The third kappa shape index (κ3) is 6.13. The normalized spacial score (nSPS) is 11.9. The van der Waals surface area contributed by atoms with Gasteiger partial charge in [0, 0.05) is 10.8 Å². The molecule has 9 heteroatoms. The Labute approximate surface area is 235 Å². The summed E-state index contributed by atoms with van der Waals surface area (Å²) < 4.78 is 7.24. The van der Waals surface area contributed by atoms with E-state index in [4.69, 9.17) is 27.6 Å². The van der Waals surface area contributed by atoms with Crippen molar-refractivity contribution in [2.45, 2.75) is 30.3 Å². The lowest BCUT2D eigenvalue weighted by molar-refractivity contribution is 0.0906. The summed E-state index contributed by atoms with van der Waals surface area (Å²) in [5.41, 5.74) is 4.06. The van der Waals surface area contributed by atoms with Crippen LogP contribution in [-0.2, 0) is 12.2 Å². The number of thioether (sulfide) groups is 1. The number of nitrogens with one attached hydrogen (secondary N) is 1. The molecular formula is C29H24Cl2N4O2S. The van der Waals surface area contributed by atoms with Gasteiger partial charge in [-0.05, 0) is 54.8 Å². The summed E-state index contributed by atoms with van der Waals surface area (Å²) in [4.78, 5) is 13.1. The number of nitrogens with zero attached hydrogens (tertiary/aromatic N) is 3. The van der Waals surface area contributed by atoms with Crippen LogP contribution in [0, 0.1) is 6.92 Å². The molecule has 1 N–H and O–H groups in total. The van der Waals surface area contributed by atoms with Crippen LogP contribution in [0.2, 0.25) is 10.0 Å². The molecule has 5 rings (SSSR count). The SMILES string of the molecule is Cc1cccc(CSc2nnc(C(Cc3ccccc3)NC(=O)c3ccco3)n2-c2ccc(Cl)cc2Cl)c1. The molecule has 0 bridgehead atoms. The number of aromatic nitrogens is 3. The highest BCUT2D eigenvalue weighted by atomic mass is 35.5. The topological polar surface area (TPSA) is 73.0 Å². The number of carbonyl (C=O) groups excluding carboxylic acids is 1. The minimum absolute atomic E-state index is 0.215. The molecule has 0 aliphatic carbocycles. The van der Waals surface area contributed by atoms with E-state index in [2.05, 4.69) is 40.6 Å². The van der Waals surface area contributed by atoms with Gasteiger partial charge in [-0.2, -0.15) is 0 Å². The van der Waals surface area contributed by atoms with Gasteiger partial charge in [0.05, 0.1) is 23.0 Å². The lowest BCUT2D eigenvalue weighted by Gasteiger charge is -2.20. The minimum Gasteiger partial charge on any atom is -0.459 e. The van der Waals surface area contributed by atoms with Crippen LogP contribution in [0.1, 0.15) is 39.1 Å². The van der Waals surface area contributed by atoms with Crippen LogP contribution < -0.4 is 5.32 Å². The highest BCUT2D eigenvalue weighted by molar-refractivity contribution is 7.98. The predicted octanol–water partition coefficient (Wildman–Crippen LogP) is 7.48. The van der Waals surface area contributed by atoms with E-state index in [0.29, 0.717) is 38.9 Å². The molecule has 1 unspecified atom stereocenters. The van der Waals surface area contributed by atoms with Gasteiger partial charge in [-0.3, -0.25) is 9.36 Å². The standard InChI is InChI=1S/C29H24Cl2N4O2S/c1-19-7-5-10-21(15-19)18-38-29-34-33-27(35(29)25-13-12-22(30)17-23(25)31)24(16-20-8-3-2-4-9-20)32-28(36)26-11-6-14-37-26/h2-15,17,24H,16,18H2,1H3,(H,32,36). The second-order valence-electron chi connectivity index (χ2n) is 8.74. The van der Waals surface area contributed by atoms with Gasteiger partial charge in [-0.15, -0.1) is 10.2 Å². The average molecular weight is 564 g/mol. The van der Waals surface area contributed by atoms with Crippen molar-refractivity contribution in [1.29, 1.82) is 0 Å². The van der Waals surface area contributed by atoms with Gasteiger partial charge in [0.2, 0.25) is 0 Å². The number of carbonyl (C=O) groups is 1. The summed E-state index contributed by atoms with van der Waals surface area (Å²) in [5, 5.41) is 13.8. The van der Waals surface area contributed by atoms with Crippen molar-refractivity contribution < 1.29 is 9.21 Å². The van der Waals surface area contributed by atoms with Crippen molar-refractivity contribution in [1.82, 2.24) is 20.1 Å². The highest BCUT2D eigenvalue weighted by Gasteiger charge is 2.27. The Hall–Kier alpha value is -3.52. The molecule has 2 aromatic heterocycles. The van der Waals surface area contributed by atoms with Crippen molar-refractivity contribution in [3.8, 4) is 5.69 Å². The fraction of sp³-hybridized carbons (Fsp3) is 0.138. The largest absolute Gasteiger partial charge is 0.459 e. The molecule has 1 atom stereocenters. The maximum Gasteiger partial charge on any atom is 0.287 e. The number of hydrogen-bond donors (Lipinski definition) is 1. The molecule has 0 saturated carbocycles. The van der Waals surface area contributed by atoms with Crippen LogP contribution in [0.25, 0.3) is 5.69 Å². The predicted molar refractivity (Wildman–Crippen MR) is 151 cm³/mol. The van der Waals surface area contributed by atoms with Crippen LogP contribution in [0.4, 0.5) is 0 Å². The summed E-state index contributed by atoms with van der Waals surface area (Å²) in [5.74, 6) is 1.10. The van der Waals surface area contributed by atoms with Gasteiger partial charge >= 0.3 is 0 Å². The zero-order chi connectivity index (χ0) is 26.5. The van der Waals surface area contributed by atoms with Crippen LogP contribution in [0.15, 0.2) is 101 Å². The number of furan rings is 1. The Morgan fingerprint density at radius 2 is 1.79 bits per heavy atom. The first-order chi connectivity index (χ1) is 18.5. The first kappa shape index (κ1) is 26.1. The quantitative estimate of drug-likeness (QED) is 0.188. The number of rotatable bonds is 9. The molecule has 0 radical (unpaired) electrons. The Morgan fingerprint density at radius 3 is 2.53 bits per heavy atom. The van der Waals surface area contributed by atoms with E-state index in [1.54, 1.807) is 36.0 Å². The number of halogens is 2. The number of aryl methyl sites for hydroxylation is 1. The first-order valence-electron chi connectivity index (χ1n) is 12.0. The smallest absolute Gasteiger partial charge is 0.287 e. The highest BCUT2D eigenvalue weighted by Crippen LogP contribution is 2.33. The lowest BCUT2D eigenvalue weighted by Crippen LogP contribution is -2.31. The lowest BCUT2D eigenvalue weighted by atomic mass is 10.0. The van der Waals surface area contributed by atoms with Gasteiger partial charge in [0.15, 0.2) is 16.7 Å². The maximum absolute atomic E-state index is 13.1. The van der Waals surface area contributed by atoms with Crippen LogP contribution in [0.5, 0.6) is 0 Å². The fourth-order valence-electron chi connectivity index (χ4n) is 4.13. The van der Waals surface area contributed by atoms with Crippen molar-refractivity contribution in [2.24, 2.45) is 0 Å². The molecule has 0 spiro atoms. The Kier molecular flexibility index (Phi) is 8.17. The molecule has 5 aromatic rings. The van der Waals surface area contributed by atoms with Crippen molar-refractivity contribution in [3.63, 3.8) is 0 Å². The molecular weight excluding hydrogens is 539 g/mol. The molecule has 0 aliphatic heterocycles. The summed E-state index contributed by atoms with van der Waals surface area (Å²) >= 11 is 14.4. The first-order valence-corrected chi connectivity index (χ1v) is 13.7. The monoisotopic (exact) mass is 562 g/mol. The fourth-order valence-corrected chi connectivity index (χ4v) is 5.52. The molecule has 3 aromatic carbocycles. The molecule has 6 nitrogen and oxygen atoms in total. The Bertz CT molecular complexity index is 1540. The third-order valence-corrected chi connectivity index (χ3v) is 7.44.